The van der Waals surface area contributed by atoms with Crippen molar-refractivity contribution in [2.45, 2.75) is 5.75 Å². The molecule has 0 aliphatic heterocycles. The number of rotatable bonds is 5. The first kappa shape index (κ1) is 13.6. The van der Waals surface area contributed by atoms with E-state index in [9.17, 15) is 17.6 Å². The lowest BCUT2D eigenvalue weighted by molar-refractivity contribution is -0.119. The summed E-state index contributed by atoms with van der Waals surface area (Å²) in [6.07, 6.45) is 0. The Morgan fingerprint density at radius 3 is 2.41 bits per heavy atom. The van der Waals surface area contributed by atoms with Crippen LogP contribution in [-0.4, -0.2) is 27.9 Å². The van der Waals surface area contributed by atoms with E-state index in [2.05, 4.69) is 10.0 Å². The summed E-state index contributed by atoms with van der Waals surface area (Å²) in [6.45, 7) is -0.306. The Kier molecular flexibility index (Phi) is 4.59. The minimum Gasteiger partial charge on any atom is -0.358 e. The topological polar surface area (TPSA) is 75.3 Å². The summed E-state index contributed by atoms with van der Waals surface area (Å²) >= 11 is 0. The lowest BCUT2D eigenvalue weighted by Crippen LogP contribution is -2.35. The van der Waals surface area contributed by atoms with Gasteiger partial charge in [0.2, 0.25) is 15.9 Å². The van der Waals surface area contributed by atoms with E-state index in [1.165, 1.54) is 31.3 Å². The van der Waals surface area contributed by atoms with Crippen molar-refractivity contribution in [3.63, 3.8) is 0 Å². The maximum atomic E-state index is 12.6. The first-order chi connectivity index (χ1) is 7.93. The fraction of sp³-hybridized carbons (Fsp3) is 0.300. The van der Waals surface area contributed by atoms with Crippen LogP contribution in [0.3, 0.4) is 0 Å². The third-order valence-electron chi connectivity index (χ3n) is 2.00. The lowest BCUT2D eigenvalue weighted by atomic mass is 10.2. The Labute approximate surface area is 99.1 Å². The van der Waals surface area contributed by atoms with Crippen LogP contribution in [0.1, 0.15) is 5.56 Å². The van der Waals surface area contributed by atoms with E-state index in [0.717, 1.165) is 0 Å². The highest BCUT2D eigenvalue weighted by Gasteiger charge is 2.12. The third kappa shape index (κ3) is 4.92. The molecule has 0 bridgehead atoms. The molecule has 5 nitrogen and oxygen atoms in total. The molecular formula is C10H13FN2O3S. The van der Waals surface area contributed by atoms with Gasteiger partial charge in [-0.05, 0) is 17.7 Å². The van der Waals surface area contributed by atoms with E-state index in [1.807, 2.05) is 0 Å². The maximum Gasteiger partial charge on any atom is 0.234 e. The van der Waals surface area contributed by atoms with Gasteiger partial charge < -0.3 is 5.32 Å². The predicted octanol–water partition coefficient (Wildman–Crippen LogP) is -0.00890. The molecule has 7 heteroatoms. The van der Waals surface area contributed by atoms with E-state index in [-0.39, 0.29) is 12.3 Å². The molecule has 94 valence electrons. The van der Waals surface area contributed by atoms with E-state index in [4.69, 9.17) is 0 Å². The van der Waals surface area contributed by atoms with Gasteiger partial charge in [-0.3, -0.25) is 4.79 Å². The number of hydrogen-bond acceptors (Lipinski definition) is 3. The van der Waals surface area contributed by atoms with Gasteiger partial charge in [0, 0.05) is 7.05 Å². The number of amides is 1. The van der Waals surface area contributed by atoms with Crippen LogP contribution in [0.2, 0.25) is 0 Å². The number of halogens is 1. The summed E-state index contributed by atoms with van der Waals surface area (Å²) in [5.41, 5.74) is 0.454. The van der Waals surface area contributed by atoms with Crippen molar-refractivity contribution >= 4 is 15.9 Å². The zero-order valence-electron chi connectivity index (χ0n) is 9.23. The third-order valence-corrected chi connectivity index (χ3v) is 3.30. The van der Waals surface area contributed by atoms with Gasteiger partial charge in [0.25, 0.3) is 0 Å². The second-order valence-electron chi connectivity index (χ2n) is 3.38. The molecular weight excluding hydrogens is 247 g/mol. The highest BCUT2D eigenvalue weighted by molar-refractivity contribution is 7.88. The first-order valence-corrected chi connectivity index (χ1v) is 6.50. The van der Waals surface area contributed by atoms with Crippen LogP contribution in [0.5, 0.6) is 0 Å². The van der Waals surface area contributed by atoms with E-state index in [1.54, 1.807) is 0 Å². The normalized spacial score (nSPS) is 11.2. The fourth-order valence-electron chi connectivity index (χ4n) is 1.11. The molecule has 0 fully saturated rings. The molecule has 1 amide bonds. The molecule has 0 saturated carbocycles. The zero-order valence-corrected chi connectivity index (χ0v) is 10.1. The smallest absolute Gasteiger partial charge is 0.234 e. The SMILES string of the molecule is CNC(=O)CNS(=O)(=O)Cc1ccc(F)cc1. The molecule has 1 rings (SSSR count). The van der Waals surface area contributed by atoms with Gasteiger partial charge in [0.15, 0.2) is 0 Å². The molecule has 0 aromatic heterocycles. The Morgan fingerprint density at radius 1 is 1.29 bits per heavy atom. The Bertz CT molecular complexity index is 485. The van der Waals surface area contributed by atoms with Crippen LogP contribution in [0.15, 0.2) is 24.3 Å². The molecule has 0 heterocycles. The van der Waals surface area contributed by atoms with E-state index >= 15 is 0 Å². The first-order valence-electron chi connectivity index (χ1n) is 4.85. The molecule has 0 saturated heterocycles. The van der Waals surface area contributed by atoms with Gasteiger partial charge in [-0.15, -0.1) is 0 Å². The number of carbonyl (C=O) groups is 1. The van der Waals surface area contributed by atoms with Gasteiger partial charge >= 0.3 is 0 Å². The van der Waals surface area contributed by atoms with Crippen LogP contribution >= 0.6 is 0 Å². The monoisotopic (exact) mass is 260 g/mol. The van der Waals surface area contributed by atoms with Gasteiger partial charge in [-0.2, -0.15) is 0 Å². The highest BCUT2D eigenvalue weighted by Crippen LogP contribution is 2.06. The summed E-state index contributed by atoms with van der Waals surface area (Å²) < 4.78 is 37.8. The molecule has 0 aliphatic carbocycles. The van der Waals surface area contributed by atoms with Crippen LogP contribution in [0, 0.1) is 5.82 Å². The quantitative estimate of drug-likeness (QED) is 0.782. The second kappa shape index (κ2) is 5.74. The molecule has 0 radical (unpaired) electrons. The number of likely N-dealkylation sites (N-methyl/N-ethyl adjacent to an activating group) is 1. The number of sulfonamides is 1. The summed E-state index contributed by atoms with van der Waals surface area (Å²) in [7, 11) is -2.17. The largest absolute Gasteiger partial charge is 0.358 e. The number of benzene rings is 1. The average Bonchev–Trinajstić information content (AvgIpc) is 2.29. The summed E-state index contributed by atoms with van der Waals surface area (Å²) in [4.78, 5) is 10.9. The van der Waals surface area contributed by atoms with Crippen LogP contribution in [0.25, 0.3) is 0 Å². The molecule has 0 atom stereocenters. The Balaban J connectivity index is 2.60. The van der Waals surface area contributed by atoms with Crippen molar-refractivity contribution in [1.82, 2.24) is 10.0 Å². The summed E-state index contributed by atoms with van der Waals surface area (Å²) in [5.74, 6) is -1.14. The molecule has 0 aliphatic rings. The van der Waals surface area contributed by atoms with Gasteiger partial charge in [0.05, 0.1) is 12.3 Å². The highest BCUT2D eigenvalue weighted by atomic mass is 32.2. The minimum atomic E-state index is -3.59. The maximum absolute atomic E-state index is 12.6. The lowest BCUT2D eigenvalue weighted by Gasteiger charge is -2.05. The van der Waals surface area contributed by atoms with E-state index < -0.39 is 21.7 Å². The van der Waals surface area contributed by atoms with Gasteiger partial charge in [-0.25, -0.2) is 17.5 Å². The standard InChI is InChI=1S/C10H13FN2O3S/c1-12-10(14)6-13-17(15,16)7-8-2-4-9(11)5-3-8/h2-5,13H,6-7H2,1H3,(H,12,14). The molecule has 0 spiro atoms. The average molecular weight is 260 g/mol. The van der Waals surface area contributed by atoms with Crippen molar-refractivity contribution in [2.75, 3.05) is 13.6 Å². The van der Waals surface area contributed by atoms with Crippen LogP contribution in [-0.2, 0) is 20.6 Å². The van der Waals surface area contributed by atoms with Crippen molar-refractivity contribution in [3.05, 3.63) is 35.6 Å². The predicted molar refractivity (Wildman–Crippen MR) is 61.1 cm³/mol. The van der Waals surface area contributed by atoms with Crippen molar-refractivity contribution in [3.8, 4) is 0 Å². The van der Waals surface area contributed by atoms with Crippen molar-refractivity contribution in [2.24, 2.45) is 0 Å². The number of nitrogens with one attached hydrogen (secondary N) is 2. The minimum absolute atomic E-state index is 0.287. The van der Waals surface area contributed by atoms with Crippen molar-refractivity contribution < 1.29 is 17.6 Å². The Hall–Kier alpha value is -1.47. The molecule has 2 N–H and O–H groups in total. The van der Waals surface area contributed by atoms with Crippen LogP contribution in [0.4, 0.5) is 4.39 Å². The second-order valence-corrected chi connectivity index (χ2v) is 5.19. The van der Waals surface area contributed by atoms with E-state index in [0.29, 0.717) is 5.56 Å². The van der Waals surface area contributed by atoms with Gasteiger partial charge in [0.1, 0.15) is 5.82 Å². The zero-order chi connectivity index (χ0) is 12.9. The molecule has 1 aromatic rings. The van der Waals surface area contributed by atoms with Crippen molar-refractivity contribution in [1.29, 1.82) is 0 Å². The van der Waals surface area contributed by atoms with Gasteiger partial charge in [-0.1, -0.05) is 12.1 Å². The Morgan fingerprint density at radius 2 is 1.88 bits per heavy atom. The number of carbonyl (C=O) groups excluding carboxylic acids is 1. The molecule has 17 heavy (non-hydrogen) atoms. The van der Waals surface area contributed by atoms with Crippen LogP contribution < -0.4 is 10.0 Å². The molecule has 0 unspecified atom stereocenters. The fourth-order valence-corrected chi connectivity index (χ4v) is 2.20. The summed E-state index contributed by atoms with van der Waals surface area (Å²) in [6, 6.07) is 5.14. The summed E-state index contributed by atoms with van der Waals surface area (Å²) in [5, 5.41) is 2.29. The number of hydrogen-bond donors (Lipinski definition) is 2. The molecule has 1 aromatic carbocycles.